The molecule has 3 heteroatoms. The fourth-order valence-electron chi connectivity index (χ4n) is 1.41. The molecule has 0 aromatic rings. The average Bonchev–Trinajstić information content (AvgIpc) is 2.26. The second kappa shape index (κ2) is 3.19. The van der Waals surface area contributed by atoms with Crippen LogP contribution in [0.25, 0.3) is 0 Å². The summed E-state index contributed by atoms with van der Waals surface area (Å²) in [7, 11) is 0. The molecule has 0 spiro atoms. The van der Waals surface area contributed by atoms with Crippen molar-refractivity contribution < 1.29 is 4.39 Å². The van der Waals surface area contributed by atoms with Gasteiger partial charge in [-0.25, -0.2) is 4.39 Å². The zero-order valence-electron chi connectivity index (χ0n) is 6.81. The molecule has 1 aliphatic heterocycles. The standard InChI is InChI=1S/C8H13FN2/c1-8(9)3-6-11(7-8)5-2-4-10/h2-3,5-7H2,1H3. The first-order valence-electron chi connectivity index (χ1n) is 3.92. The van der Waals surface area contributed by atoms with E-state index in [0.29, 0.717) is 19.4 Å². The van der Waals surface area contributed by atoms with Crippen molar-refractivity contribution in [3.63, 3.8) is 0 Å². The van der Waals surface area contributed by atoms with E-state index in [9.17, 15) is 4.39 Å². The number of nitrogens with zero attached hydrogens (tertiary/aromatic N) is 2. The Bertz CT molecular complexity index is 171. The zero-order valence-corrected chi connectivity index (χ0v) is 6.81. The molecule has 0 amide bonds. The largest absolute Gasteiger partial charge is 0.299 e. The number of rotatable bonds is 2. The van der Waals surface area contributed by atoms with Gasteiger partial charge >= 0.3 is 0 Å². The van der Waals surface area contributed by atoms with E-state index >= 15 is 0 Å². The summed E-state index contributed by atoms with van der Waals surface area (Å²) in [4.78, 5) is 2.00. The summed E-state index contributed by atoms with van der Waals surface area (Å²) in [6.07, 6.45) is 1.12. The second-order valence-corrected chi connectivity index (χ2v) is 3.35. The molecule has 1 saturated heterocycles. The van der Waals surface area contributed by atoms with Gasteiger partial charge in [-0.1, -0.05) is 0 Å². The Kier molecular flexibility index (Phi) is 2.45. The number of hydrogen-bond acceptors (Lipinski definition) is 2. The third-order valence-corrected chi connectivity index (χ3v) is 2.04. The molecule has 1 atom stereocenters. The maximum absolute atomic E-state index is 13.2. The normalized spacial score (nSPS) is 32.1. The number of nitriles is 1. The van der Waals surface area contributed by atoms with Crippen LogP contribution in [0.5, 0.6) is 0 Å². The number of alkyl halides is 1. The molecule has 1 heterocycles. The maximum Gasteiger partial charge on any atom is 0.122 e. The lowest BCUT2D eigenvalue weighted by Gasteiger charge is -2.14. The van der Waals surface area contributed by atoms with Crippen molar-refractivity contribution in [2.75, 3.05) is 19.6 Å². The first-order chi connectivity index (χ1) is 5.14. The Labute approximate surface area is 66.6 Å². The van der Waals surface area contributed by atoms with Gasteiger partial charge in [0, 0.05) is 26.1 Å². The van der Waals surface area contributed by atoms with Gasteiger partial charge in [-0.2, -0.15) is 5.26 Å². The number of halogens is 1. The number of hydrogen-bond donors (Lipinski definition) is 0. The van der Waals surface area contributed by atoms with Crippen LogP contribution >= 0.6 is 0 Å². The van der Waals surface area contributed by atoms with Gasteiger partial charge in [0.1, 0.15) is 5.67 Å². The summed E-state index contributed by atoms with van der Waals surface area (Å²) in [5.41, 5.74) is -1.02. The predicted molar refractivity (Wildman–Crippen MR) is 40.8 cm³/mol. The van der Waals surface area contributed by atoms with Crippen molar-refractivity contribution in [1.29, 1.82) is 5.26 Å². The van der Waals surface area contributed by atoms with Crippen molar-refractivity contribution in [2.24, 2.45) is 0 Å². The smallest absolute Gasteiger partial charge is 0.122 e. The molecule has 0 N–H and O–H groups in total. The third kappa shape index (κ3) is 2.47. The maximum atomic E-state index is 13.2. The topological polar surface area (TPSA) is 27.0 Å². The van der Waals surface area contributed by atoms with E-state index in [1.807, 2.05) is 4.90 Å². The van der Waals surface area contributed by atoms with Crippen molar-refractivity contribution in [1.82, 2.24) is 4.90 Å². The fraction of sp³-hybridized carbons (Fsp3) is 0.875. The molecule has 0 aromatic carbocycles. The van der Waals surface area contributed by atoms with Crippen LogP contribution in [-0.2, 0) is 0 Å². The van der Waals surface area contributed by atoms with Gasteiger partial charge < -0.3 is 0 Å². The highest BCUT2D eigenvalue weighted by Gasteiger charge is 2.32. The minimum atomic E-state index is -1.02. The van der Waals surface area contributed by atoms with Crippen LogP contribution in [0.4, 0.5) is 4.39 Å². The second-order valence-electron chi connectivity index (χ2n) is 3.35. The molecule has 0 bridgehead atoms. The molecule has 0 saturated carbocycles. The van der Waals surface area contributed by atoms with Gasteiger partial charge in [-0.05, 0) is 13.3 Å². The first-order valence-corrected chi connectivity index (χ1v) is 3.92. The summed E-state index contributed by atoms with van der Waals surface area (Å²) >= 11 is 0. The lowest BCUT2D eigenvalue weighted by atomic mass is 10.1. The molecule has 1 aliphatic rings. The Morgan fingerprint density at radius 3 is 2.91 bits per heavy atom. The summed E-state index contributed by atoms with van der Waals surface area (Å²) in [5, 5.41) is 8.29. The van der Waals surface area contributed by atoms with E-state index in [-0.39, 0.29) is 0 Å². The quantitative estimate of drug-likeness (QED) is 0.603. The van der Waals surface area contributed by atoms with Gasteiger partial charge in [-0.3, -0.25) is 4.90 Å². The Morgan fingerprint density at radius 2 is 2.45 bits per heavy atom. The monoisotopic (exact) mass is 156 g/mol. The van der Waals surface area contributed by atoms with Crippen LogP contribution in [0.2, 0.25) is 0 Å². The van der Waals surface area contributed by atoms with E-state index in [4.69, 9.17) is 5.26 Å². The molecule has 2 nitrogen and oxygen atoms in total. The lowest BCUT2D eigenvalue weighted by Crippen LogP contribution is -2.26. The van der Waals surface area contributed by atoms with Gasteiger partial charge in [0.05, 0.1) is 6.07 Å². The SMILES string of the molecule is CC1(F)CCN(CCC#N)C1. The molecule has 1 unspecified atom stereocenters. The molecule has 0 radical (unpaired) electrons. The Morgan fingerprint density at radius 1 is 1.73 bits per heavy atom. The molecule has 1 fully saturated rings. The van der Waals surface area contributed by atoms with Crippen LogP contribution < -0.4 is 0 Å². The van der Waals surface area contributed by atoms with Crippen molar-refractivity contribution >= 4 is 0 Å². The van der Waals surface area contributed by atoms with Crippen molar-refractivity contribution in [3.05, 3.63) is 0 Å². The van der Waals surface area contributed by atoms with Crippen LogP contribution in [0.15, 0.2) is 0 Å². The Hall–Kier alpha value is -0.620. The summed E-state index contributed by atoms with van der Waals surface area (Å²) in [6, 6.07) is 2.06. The van der Waals surface area contributed by atoms with Crippen molar-refractivity contribution in [3.8, 4) is 6.07 Å². The highest BCUT2D eigenvalue weighted by atomic mass is 19.1. The Balaban J connectivity index is 2.26. The highest BCUT2D eigenvalue weighted by molar-refractivity contribution is 4.87. The molecule has 1 rings (SSSR count). The minimum absolute atomic E-state index is 0.495. The highest BCUT2D eigenvalue weighted by Crippen LogP contribution is 2.24. The van der Waals surface area contributed by atoms with Gasteiger partial charge in [0.2, 0.25) is 0 Å². The van der Waals surface area contributed by atoms with E-state index in [1.165, 1.54) is 0 Å². The minimum Gasteiger partial charge on any atom is -0.299 e. The van der Waals surface area contributed by atoms with E-state index in [0.717, 1.165) is 13.1 Å². The van der Waals surface area contributed by atoms with Crippen LogP contribution in [0.3, 0.4) is 0 Å². The zero-order chi connectivity index (χ0) is 8.32. The fourth-order valence-corrected chi connectivity index (χ4v) is 1.41. The molecule has 11 heavy (non-hydrogen) atoms. The summed E-state index contributed by atoms with van der Waals surface area (Å²) in [5.74, 6) is 0. The van der Waals surface area contributed by atoms with Gasteiger partial charge in [0.15, 0.2) is 0 Å². The number of likely N-dealkylation sites (tertiary alicyclic amines) is 1. The van der Waals surface area contributed by atoms with Crippen molar-refractivity contribution in [2.45, 2.75) is 25.4 Å². The van der Waals surface area contributed by atoms with E-state index < -0.39 is 5.67 Å². The molecular weight excluding hydrogens is 143 g/mol. The van der Waals surface area contributed by atoms with Crippen LogP contribution in [0.1, 0.15) is 19.8 Å². The summed E-state index contributed by atoms with van der Waals surface area (Å²) in [6.45, 7) is 3.64. The van der Waals surface area contributed by atoms with Gasteiger partial charge in [-0.15, -0.1) is 0 Å². The van der Waals surface area contributed by atoms with Crippen LogP contribution in [-0.4, -0.2) is 30.2 Å². The summed E-state index contributed by atoms with van der Waals surface area (Å²) < 4.78 is 13.2. The van der Waals surface area contributed by atoms with Crippen LogP contribution in [0, 0.1) is 11.3 Å². The molecule has 0 aromatic heterocycles. The lowest BCUT2D eigenvalue weighted by molar-refractivity contribution is 0.190. The molecule has 62 valence electrons. The van der Waals surface area contributed by atoms with E-state index in [1.54, 1.807) is 6.92 Å². The predicted octanol–water partition coefficient (Wildman–Crippen LogP) is 1.33. The van der Waals surface area contributed by atoms with Gasteiger partial charge in [0.25, 0.3) is 0 Å². The average molecular weight is 156 g/mol. The first kappa shape index (κ1) is 8.48. The molecule has 0 aliphatic carbocycles. The third-order valence-electron chi connectivity index (χ3n) is 2.04. The van der Waals surface area contributed by atoms with E-state index in [2.05, 4.69) is 6.07 Å². The molecular formula is C8H13FN2.